The topological polar surface area (TPSA) is 46.5 Å². The SMILES string of the molecule is C#CC1COP(=O)(O)C1. The fourth-order valence-electron chi connectivity index (χ4n) is 0.691. The molecule has 0 aromatic rings. The predicted octanol–water partition coefficient (Wildman–Crippen LogP) is 0.451. The van der Waals surface area contributed by atoms with Crippen LogP contribution >= 0.6 is 7.60 Å². The monoisotopic (exact) mass is 146 g/mol. The van der Waals surface area contributed by atoms with Crippen LogP contribution in [0.5, 0.6) is 0 Å². The minimum Gasteiger partial charge on any atom is -0.324 e. The van der Waals surface area contributed by atoms with Crippen molar-refractivity contribution in [2.24, 2.45) is 5.92 Å². The fourth-order valence-corrected chi connectivity index (χ4v) is 1.98. The summed E-state index contributed by atoms with van der Waals surface area (Å²) in [5.41, 5.74) is 0. The summed E-state index contributed by atoms with van der Waals surface area (Å²) in [6.45, 7) is 0.226. The first-order valence-corrected chi connectivity index (χ1v) is 4.33. The summed E-state index contributed by atoms with van der Waals surface area (Å²) in [5, 5.41) is 0. The molecule has 1 fully saturated rings. The van der Waals surface area contributed by atoms with Crippen LogP contribution in [0.4, 0.5) is 0 Å². The molecule has 1 aliphatic heterocycles. The summed E-state index contributed by atoms with van der Waals surface area (Å²) in [6, 6.07) is 0. The maximum absolute atomic E-state index is 10.6. The normalized spacial score (nSPS) is 42.4. The van der Waals surface area contributed by atoms with Crippen LogP contribution in [-0.4, -0.2) is 17.7 Å². The maximum atomic E-state index is 10.6. The van der Waals surface area contributed by atoms with E-state index in [1.165, 1.54) is 0 Å². The lowest BCUT2D eigenvalue weighted by atomic mass is 10.2. The number of terminal acetylenes is 1. The Labute approximate surface area is 53.6 Å². The predicted molar refractivity (Wildman–Crippen MR) is 33.0 cm³/mol. The second-order valence-electron chi connectivity index (χ2n) is 1.98. The summed E-state index contributed by atoms with van der Waals surface area (Å²) < 4.78 is 15.1. The maximum Gasteiger partial charge on any atom is 0.329 e. The van der Waals surface area contributed by atoms with E-state index < -0.39 is 7.60 Å². The molecule has 1 rings (SSSR count). The molecule has 0 spiro atoms. The Morgan fingerprint density at radius 3 is 2.78 bits per heavy atom. The van der Waals surface area contributed by atoms with Gasteiger partial charge >= 0.3 is 7.60 Å². The molecule has 0 aromatic heterocycles. The second kappa shape index (κ2) is 2.15. The zero-order valence-electron chi connectivity index (χ0n) is 4.78. The molecular formula is C5H7O3P. The van der Waals surface area contributed by atoms with Crippen LogP contribution in [0.25, 0.3) is 0 Å². The van der Waals surface area contributed by atoms with E-state index >= 15 is 0 Å². The molecule has 0 amide bonds. The summed E-state index contributed by atoms with van der Waals surface area (Å²) >= 11 is 0. The number of rotatable bonds is 0. The second-order valence-corrected chi connectivity index (χ2v) is 3.88. The summed E-state index contributed by atoms with van der Waals surface area (Å²) in [6.07, 6.45) is 5.11. The number of hydrogen-bond donors (Lipinski definition) is 1. The average molecular weight is 146 g/mol. The van der Waals surface area contributed by atoms with Crippen molar-refractivity contribution in [2.45, 2.75) is 0 Å². The molecule has 9 heavy (non-hydrogen) atoms. The largest absolute Gasteiger partial charge is 0.329 e. The van der Waals surface area contributed by atoms with E-state index in [1.54, 1.807) is 0 Å². The van der Waals surface area contributed by atoms with Gasteiger partial charge in [-0.3, -0.25) is 4.57 Å². The van der Waals surface area contributed by atoms with Gasteiger partial charge in [0.25, 0.3) is 0 Å². The Morgan fingerprint density at radius 1 is 1.89 bits per heavy atom. The van der Waals surface area contributed by atoms with Crippen molar-refractivity contribution in [1.29, 1.82) is 0 Å². The first-order valence-electron chi connectivity index (χ1n) is 2.56. The Balaban J connectivity index is 2.60. The van der Waals surface area contributed by atoms with Crippen molar-refractivity contribution in [3.63, 3.8) is 0 Å². The van der Waals surface area contributed by atoms with Crippen molar-refractivity contribution < 1.29 is 14.0 Å². The molecule has 0 saturated carbocycles. The molecule has 0 aliphatic carbocycles. The van der Waals surface area contributed by atoms with Crippen molar-refractivity contribution in [2.75, 3.05) is 12.8 Å². The van der Waals surface area contributed by atoms with Crippen molar-refractivity contribution in [3.05, 3.63) is 0 Å². The van der Waals surface area contributed by atoms with Gasteiger partial charge in [0, 0.05) is 0 Å². The Bertz CT molecular complexity index is 193. The van der Waals surface area contributed by atoms with E-state index in [2.05, 4.69) is 10.4 Å². The molecule has 0 bridgehead atoms. The standard InChI is InChI=1S/C5H7O3P/c1-2-5-3-8-9(6,7)4-5/h1,5H,3-4H2,(H,6,7). The van der Waals surface area contributed by atoms with Crippen LogP contribution in [0.15, 0.2) is 0 Å². The van der Waals surface area contributed by atoms with E-state index in [0.29, 0.717) is 0 Å². The highest BCUT2D eigenvalue weighted by Gasteiger charge is 2.32. The molecular weight excluding hydrogens is 139 g/mol. The minimum atomic E-state index is -3.26. The van der Waals surface area contributed by atoms with Gasteiger partial charge < -0.3 is 9.42 Å². The van der Waals surface area contributed by atoms with Gasteiger partial charge in [-0.1, -0.05) is 0 Å². The summed E-state index contributed by atoms with van der Waals surface area (Å²) in [4.78, 5) is 8.73. The van der Waals surface area contributed by atoms with Gasteiger partial charge in [-0.25, -0.2) is 0 Å². The highest BCUT2D eigenvalue weighted by atomic mass is 31.2. The first-order chi connectivity index (χ1) is 4.14. The zero-order valence-corrected chi connectivity index (χ0v) is 5.67. The average Bonchev–Trinajstić information content (AvgIpc) is 2.10. The van der Waals surface area contributed by atoms with E-state index in [9.17, 15) is 4.57 Å². The van der Waals surface area contributed by atoms with Gasteiger partial charge in [-0.15, -0.1) is 12.3 Å². The molecule has 4 heteroatoms. The first kappa shape index (κ1) is 6.82. The molecule has 1 N–H and O–H groups in total. The van der Waals surface area contributed by atoms with Crippen LogP contribution < -0.4 is 0 Å². The van der Waals surface area contributed by atoms with Crippen molar-refractivity contribution in [3.8, 4) is 12.3 Å². The Hall–Kier alpha value is -0.290. The summed E-state index contributed by atoms with van der Waals surface area (Å²) in [7, 11) is -3.26. The van der Waals surface area contributed by atoms with Crippen LogP contribution in [0, 0.1) is 18.3 Å². The Morgan fingerprint density at radius 2 is 2.56 bits per heavy atom. The van der Waals surface area contributed by atoms with Crippen LogP contribution in [0.3, 0.4) is 0 Å². The van der Waals surface area contributed by atoms with Gasteiger partial charge in [-0.2, -0.15) is 0 Å². The molecule has 0 aromatic carbocycles. The van der Waals surface area contributed by atoms with Crippen LogP contribution in [0.1, 0.15) is 0 Å². The van der Waals surface area contributed by atoms with Crippen LogP contribution in [-0.2, 0) is 9.09 Å². The zero-order chi connectivity index (χ0) is 6.91. The van der Waals surface area contributed by atoms with Gasteiger partial charge in [0.05, 0.1) is 18.7 Å². The molecule has 1 heterocycles. The fraction of sp³-hybridized carbons (Fsp3) is 0.600. The van der Waals surface area contributed by atoms with Gasteiger partial charge in [-0.05, 0) is 0 Å². The molecule has 50 valence electrons. The van der Waals surface area contributed by atoms with Gasteiger partial charge in [0.2, 0.25) is 0 Å². The highest BCUT2D eigenvalue weighted by molar-refractivity contribution is 7.53. The Kier molecular flexibility index (Phi) is 1.63. The molecule has 1 aliphatic rings. The van der Waals surface area contributed by atoms with Gasteiger partial charge in [0.15, 0.2) is 0 Å². The van der Waals surface area contributed by atoms with E-state index in [4.69, 9.17) is 11.3 Å². The van der Waals surface area contributed by atoms with Crippen molar-refractivity contribution in [1.82, 2.24) is 0 Å². The molecule has 2 atom stereocenters. The molecule has 2 unspecified atom stereocenters. The highest BCUT2D eigenvalue weighted by Crippen LogP contribution is 2.49. The third kappa shape index (κ3) is 1.56. The van der Waals surface area contributed by atoms with Crippen LogP contribution in [0.2, 0.25) is 0 Å². The van der Waals surface area contributed by atoms with E-state index in [-0.39, 0.29) is 18.7 Å². The lowest BCUT2D eigenvalue weighted by Gasteiger charge is -1.96. The minimum absolute atomic E-state index is 0.115. The smallest absolute Gasteiger partial charge is 0.324 e. The lowest BCUT2D eigenvalue weighted by molar-refractivity contribution is 0.286. The van der Waals surface area contributed by atoms with Gasteiger partial charge in [0.1, 0.15) is 0 Å². The lowest BCUT2D eigenvalue weighted by Crippen LogP contribution is -1.96. The quantitative estimate of drug-likeness (QED) is 0.398. The third-order valence-electron chi connectivity index (χ3n) is 1.16. The summed E-state index contributed by atoms with van der Waals surface area (Å²) in [5.74, 6) is 2.20. The van der Waals surface area contributed by atoms with Crippen molar-refractivity contribution >= 4 is 7.60 Å². The molecule has 0 radical (unpaired) electrons. The van der Waals surface area contributed by atoms with E-state index in [0.717, 1.165) is 0 Å². The molecule has 3 nitrogen and oxygen atoms in total. The van der Waals surface area contributed by atoms with E-state index in [1.807, 2.05) is 0 Å². The number of hydrogen-bond acceptors (Lipinski definition) is 2. The third-order valence-corrected chi connectivity index (χ3v) is 2.62. The molecule has 1 saturated heterocycles.